The quantitative estimate of drug-likeness (QED) is 0.568. The fraction of sp³-hybridized carbons (Fsp3) is 0.200. The summed E-state index contributed by atoms with van der Waals surface area (Å²) < 4.78 is 5.49. The molecule has 1 aliphatic heterocycles. The molecule has 0 saturated carbocycles. The van der Waals surface area contributed by atoms with Crippen LogP contribution in [0.1, 0.15) is 22.9 Å². The van der Waals surface area contributed by atoms with Crippen LogP contribution < -0.4 is 15.0 Å². The number of hydrogen-bond acceptors (Lipinski definition) is 4. The number of para-hydroxylation sites is 3. The maximum absolute atomic E-state index is 12.8. The van der Waals surface area contributed by atoms with Crippen LogP contribution in [0.25, 0.3) is 0 Å². The standard InChI is InChI=1S/C25H24N2O3S/c1-30-22-14-8-7-13-21(22)27-24(29)17-31-25(27)19-11-5-6-12-20(19)26-23(28)16-15-18-9-3-2-4-10-18/h2-14,25H,15-17H2,1H3,(H,26,28). The number of nitrogens with zero attached hydrogens (tertiary/aromatic N) is 1. The van der Waals surface area contributed by atoms with E-state index in [1.165, 1.54) is 0 Å². The summed E-state index contributed by atoms with van der Waals surface area (Å²) in [5.41, 5.74) is 3.49. The van der Waals surface area contributed by atoms with Crippen molar-refractivity contribution in [2.24, 2.45) is 0 Å². The molecule has 1 aliphatic rings. The SMILES string of the molecule is COc1ccccc1N1C(=O)CSC1c1ccccc1NC(=O)CCc1ccccc1. The summed E-state index contributed by atoms with van der Waals surface area (Å²) >= 11 is 1.55. The van der Waals surface area contributed by atoms with Gasteiger partial charge >= 0.3 is 0 Å². The van der Waals surface area contributed by atoms with E-state index in [9.17, 15) is 9.59 Å². The Labute approximate surface area is 186 Å². The van der Waals surface area contributed by atoms with Crippen LogP contribution >= 0.6 is 11.8 Å². The van der Waals surface area contributed by atoms with Gasteiger partial charge in [-0.05, 0) is 30.2 Å². The largest absolute Gasteiger partial charge is 0.495 e. The highest BCUT2D eigenvalue weighted by Crippen LogP contribution is 2.46. The molecule has 0 spiro atoms. The van der Waals surface area contributed by atoms with Gasteiger partial charge in [-0.25, -0.2) is 0 Å². The fourth-order valence-electron chi connectivity index (χ4n) is 3.68. The van der Waals surface area contributed by atoms with Crippen LogP contribution in [-0.2, 0) is 16.0 Å². The lowest BCUT2D eigenvalue weighted by Crippen LogP contribution is -2.29. The minimum Gasteiger partial charge on any atom is -0.495 e. The summed E-state index contributed by atoms with van der Waals surface area (Å²) in [6, 6.07) is 25.1. The molecule has 1 saturated heterocycles. The Morgan fingerprint density at radius 2 is 1.74 bits per heavy atom. The highest BCUT2D eigenvalue weighted by atomic mass is 32.2. The first-order valence-corrected chi connectivity index (χ1v) is 11.2. The molecule has 1 atom stereocenters. The predicted molar refractivity (Wildman–Crippen MR) is 126 cm³/mol. The van der Waals surface area contributed by atoms with E-state index < -0.39 is 0 Å². The molecule has 1 fully saturated rings. The first-order chi connectivity index (χ1) is 15.2. The maximum Gasteiger partial charge on any atom is 0.238 e. The van der Waals surface area contributed by atoms with Crippen molar-refractivity contribution in [3.8, 4) is 5.75 Å². The normalized spacial score (nSPS) is 15.7. The summed E-state index contributed by atoms with van der Waals surface area (Å²) in [4.78, 5) is 27.2. The van der Waals surface area contributed by atoms with Crippen LogP contribution in [0, 0.1) is 0 Å². The van der Waals surface area contributed by atoms with E-state index in [1.807, 2.05) is 78.9 Å². The molecule has 1 N–H and O–H groups in total. The molecular weight excluding hydrogens is 408 g/mol. The van der Waals surface area contributed by atoms with Gasteiger partial charge < -0.3 is 10.1 Å². The van der Waals surface area contributed by atoms with E-state index >= 15 is 0 Å². The molecule has 0 radical (unpaired) electrons. The van der Waals surface area contributed by atoms with Crippen LogP contribution in [0.15, 0.2) is 78.9 Å². The van der Waals surface area contributed by atoms with Crippen molar-refractivity contribution in [2.45, 2.75) is 18.2 Å². The molecule has 5 nitrogen and oxygen atoms in total. The van der Waals surface area contributed by atoms with Gasteiger partial charge in [0, 0.05) is 17.7 Å². The van der Waals surface area contributed by atoms with Crippen molar-refractivity contribution in [2.75, 3.05) is 23.1 Å². The molecule has 31 heavy (non-hydrogen) atoms. The molecule has 3 aromatic carbocycles. The Hall–Kier alpha value is -3.25. The zero-order valence-corrected chi connectivity index (χ0v) is 18.1. The van der Waals surface area contributed by atoms with E-state index in [4.69, 9.17) is 4.74 Å². The van der Waals surface area contributed by atoms with E-state index in [1.54, 1.807) is 23.8 Å². The van der Waals surface area contributed by atoms with Gasteiger partial charge in [-0.2, -0.15) is 0 Å². The van der Waals surface area contributed by atoms with Crippen molar-refractivity contribution in [3.05, 3.63) is 90.0 Å². The third-order valence-corrected chi connectivity index (χ3v) is 6.39. The monoisotopic (exact) mass is 432 g/mol. The third kappa shape index (κ3) is 4.75. The van der Waals surface area contributed by atoms with Crippen molar-refractivity contribution in [3.63, 3.8) is 0 Å². The first-order valence-electron chi connectivity index (χ1n) is 10.2. The summed E-state index contributed by atoms with van der Waals surface area (Å²) in [6.45, 7) is 0. The number of amides is 2. The number of benzene rings is 3. The molecule has 1 heterocycles. The Morgan fingerprint density at radius 3 is 2.55 bits per heavy atom. The summed E-state index contributed by atoms with van der Waals surface area (Å²) in [7, 11) is 1.60. The van der Waals surface area contributed by atoms with Crippen LogP contribution in [0.3, 0.4) is 0 Å². The van der Waals surface area contributed by atoms with Gasteiger partial charge in [0.15, 0.2) is 0 Å². The lowest BCUT2D eigenvalue weighted by atomic mass is 10.1. The third-order valence-electron chi connectivity index (χ3n) is 5.20. The molecule has 2 amide bonds. The van der Waals surface area contributed by atoms with Crippen LogP contribution in [0.5, 0.6) is 5.75 Å². The lowest BCUT2D eigenvalue weighted by Gasteiger charge is -2.27. The average Bonchev–Trinajstić information content (AvgIpc) is 3.19. The van der Waals surface area contributed by atoms with Crippen molar-refractivity contribution in [1.82, 2.24) is 0 Å². The van der Waals surface area contributed by atoms with Crippen LogP contribution in [-0.4, -0.2) is 24.7 Å². The predicted octanol–water partition coefficient (Wildman–Crippen LogP) is 5.05. The van der Waals surface area contributed by atoms with Gasteiger partial charge in [0.05, 0.1) is 18.6 Å². The number of ether oxygens (including phenoxy) is 1. The topological polar surface area (TPSA) is 58.6 Å². The van der Waals surface area contributed by atoms with Gasteiger partial charge in [0.2, 0.25) is 11.8 Å². The molecule has 0 bridgehead atoms. The smallest absolute Gasteiger partial charge is 0.238 e. The maximum atomic E-state index is 12.8. The zero-order valence-electron chi connectivity index (χ0n) is 17.3. The highest BCUT2D eigenvalue weighted by molar-refractivity contribution is 8.00. The first kappa shape index (κ1) is 21.0. The molecule has 1 unspecified atom stereocenters. The fourth-order valence-corrected chi connectivity index (χ4v) is 4.89. The van der Waals surface area contributed by atoms with E-state index in [0.717, 1.165) is 22.5 Å². The Balaban J connectivity index is 1.56. The zero-order chi connectivity index (χ0) is 21.6. The Morgan fingerprint density at radius 1 is 1.03 bits per heavy atom. The molecule has 3 aromatic rings. The molecule has 4 rings (SSSR count). The van der Waals surface area contributed by atoms with Crippen LogP contribution in [0.2, 0.25) is 0 Å². The van der Waals surface area contributed by atoms with E-state index in [0.29, 0.717) is 24.3 Å². The van der Waals surface area contributed by atoms with Crippen molar-refractivity contribution < 1.29 is 14.3 Å². The summed E-state index contributed by atoms with van der Waals surface area (Å²) in [5.74, 6) is 0.992. The number of aryl methyl sites for hydroxylation is 1. The van der Waals surface area contributed by atoms with Crippen molar-refractivity contribution in [1.29, 1.82) is 0 Å². The minimum atomic E-state index is -0.241. The van der Waals surface area contributed by atoms with Gasteiger partial charge in [0.1, 0.15) is 11.1 Å². The van der Waals surface area contributed by atoms with E-state index in [2.05, 4.69) is 5.32 Å². The highest BCUT2D eigenvalue weighted by Gasteiger charge is 2.36. The number of thioether (sulfide) groups is 1. The number of carbonyl (C=O) groups is 2. The van der Waals surface area contributed by atoms with Gasteiger partial charge in [-0.1, -0.05) is 60.7 Å². The number of anilines is 2. The van der Waals surface area contributed by atoms with E-state index in [-0.39, 0.29) is 17.2 Å². The minimum absolute atomic E-state index is 0.0182. The van der Waals surface area contributed by atoms with Gasteiger partial charge in [-0.3, -0.25) is 14.5 Å². The summed E-state index contributed by atoms with van der Waals surface area (Å²) in [5, 5.41) is 2.81. The molecule has 0 aliphatic carbocycles. The second-order valence-electron chi connectivity index (χ2n) is 7.22. The number of carbonyl (C=O) groups excluding carboxylic acids is 2. The van der Waals surface area contributed by atoms with Crippen LogP contribution in [0.4, 0.5) is 11.4 Å². The molecular formula is C25H24N2O3S. The Kier molecular flexibility index (Phi) is 6.57. The summed E-state index contributed by atoms with van der Waals surface area (Å²) in [6.07, 6.45) is 1.07. The number of hydrogen-bond donors (Lipinski definition) is 1. The van der Waals surface area contributed by atoms with Gasteiger partial charge in [0.25, 0.3) is 0 Å². The second-order valence-corrected chi connectivity index (χ2v) is 8.29. The Bertz CT molecular complexity index is 1070. The molecule has 158 valence electrons. The number of rotatable bonds is 7. The lowest BCUT2D eigenvalue weighted by molar-refractivity contribution is -0.116. The van der Waals surface area contributed by atoms with Crippen molar-refractivity contribution >= 4 is 35.0 Å². The van der Waals surface area contributed by atoms with Gasteiger partial charge in [-0.15, -0.1) is 11.8 Å². The average molecular weight is 433 g/mol. The second kappa shape index (κ2) is 9.71. The molecule has 6 heteroatoms. The number of nitrogens with one attached hydrogen (secondary N) is 1. The molecule has 0 aromatic heterocycles. The number of methoxy groups -OCH3 is 1.